The van der Waals surface area contributed by atoms with Crippen molar-refractivity contribution in [3.8, 4) is 11.8 Å². The van der Waals surface area contributed by atoms with Crippen molar-refractivity contribution in [2.24, 2.45) is 0 Å². The SMILES string of the molecule is Clc1ccc(C#Cc2ccc(Nc3nc4ccccc4c4nc(C5CCCCC5)[nH]c34)cc2)s1. The number of hydrogen-bond donors (Lipinski definition) is 2. The Morgan fingerprint density at radius 2 is 1.74 bits per heavy atom. The van der Waals surface area contributed by atoms with Crippen molar-refractivity contribution in [2.75, 3.05) is 5.32 Å². The number of halogens is 1. The number of imidazole rings is 1. The Kier molecular flexibility index (Phi) is 5.70. The van der Waals surface area contributed by atoms with Crippen LogP contribution in [0.5, 0.6) is 0 Å². The van der Waals surface area contributed by atoms with E-state index < -0.39 is 0 Å². The van der Waals surface area contributed by atoms with Gasteiger partial charge >= 0.3 is 0 Å². The summed E-state index contributed by atoms with van der Waals surface area (Å²) in [5, 5.41) is 4.60. The lowest BCUT2D eigenvalue weighted by atomic mass is 9.89. The largest absolute Gasteiger partial charge is 0.339 e. The second-order valence-electron chi connectivity index (χ2n) is 8.71. The third kappa shape index (κ3) is 4.27. The minimum Gasteiger partial charge on any atom is -0.339 e. The second kappa shape index (κ2) is 9.13. The van der Waals surface area contributed by atoms with E-state index in [2.05, 4.69) is 34.3 Å². The Labute approximate surface area is 207 Å². The van der Waals surface area contributed by atoms with E-state index in [0.29, 0.717) is 5.92 Å². The highest BCUT2D eigenvalue weighted by atomic mass is 35.5. The molecule has 0 radical (unpaired) electrons. The van der Waals surface area contributed by atoms with E-state index in [1.54, 1.807) is 0 Å². The number of fused-ring (bicyclic) bond motifs is 3. The molecule has 168 valence electrons. The fraction of sp³-hybridized carbons (Fsp3) is 0.214. The van der Waals surface area contributed by atoms with Crippen LogP contribution < -0.4 is 5.32 Å². The Hall–Kier alpha value is -3.33. The van der Waals surface area contributed by atoms with Crippen LogP contribution >= 0.6 is 22.9 Å². The molecule has 34 heavy (non-hydrogen) atoms. The molecular weight excluding hydrogens is 460 g/mol. The zero-order valence-electron chi connectivity index (χ0n) is 18.6. The van der Waals surface area contributed by atoms with Crippen LogP contribution in [0.4, 0.5) is 11.5 Å². The first-order valence-electron chi connectivity index (χ1n) is 11.7. The van der Waals surface area contributed by atoms with E-state index in [9.17, 15) is 0 Å². The normalized spacial score (nSPS) is 14.3. The number of para-hydroxylation sites is 1. The zero-order chi connectivity index (χ0) is 22.9. The smallest absolute Gasteiger partial charge is 0.157 e. The molecule has 2 aromatic carbocycles. The van der Waals surface area contributed by atoms with Crippen molar-refractivity contribution in [3.05, 3.63) is 81.3 Å². The molecule has 6 rings (SSSR count). The number of nitrogens with one attached hydrogen (secondary N) is 2. The monoisotopic (exact) mass is 482 g/mol. The summed E-state index contributed by atoms with van der Waals surface area (Å²) in [6, 6.07) is 20.1. The van der Waals surface area contributed by atoms with Crippen LogP contribution in [-0.2, 0) is 0 Å². The van der Waals surface area contributed by atoms with Gasteiger partial charge in [-0.3, -0.25) is 0 Å². The molecule has 2 N–H and O–H groups in total. The summed E-state index contributed by atoms with van der Waals surface area (Å²) in [7, 11) is 0. The molecule has 1 aliphatic rings. The molecule has 5 aromatic rings. The number of H-pyrrole nitrogens is 1. The summed E-state index contributed by atoms with van der Waals surface area (Å²) < 4.78 is 0.753. The highest BCUT2D eigenvalue weighted by molar-refractivity contribution is 7.16. The average Bonchev–Trinajstić information content (AvgIpc) is 3.51. The molecule has 0 amide bonds. The molecule has 6 heteroatoms. The Morgan fingerprint density at radius 3 is 2.53 bits per heavy atom. The number of aromatic nitrogens is 3. The number of anilines is 2. The summed E-state index contributed by atoms with van der Waals surface area (Å²) in [6.07, 6.45) is 6.29. The van der Waals surface area contributed by atoms with Crippen LogP contribution in [0, 0.1) is 11.8 Å². The fourth-order valence-corrected chi connectivity index (χ4v) is 5.55. The van der Waals surface area contributed by atoms with Gasteiger partial charge in [-0.1, -0.05) is 60.9 Å². The molecule has 0 saturated heterocycles. The van der Waals surface area contributed by atoms with E-state index in [1.807, 2.05) is 48.5 Å². The minimum atomic E-state index is 0.504. The number of thiophene rings is 1. The standard InChI is InChI=1S/C28H23ClN4S/c29-24-17-16-21(34-24)15-12-18-10-13-20(14-11-18)30-28-26-25(22-8-4-5-9-23(22)31-28)32-27(33-26)19-6-2-1-3-7-19/h4-5,8-11,13-14,16-17,19H,1-3,6-7H2,(H,30,31)(H,32,33). The lowest BCUT2D eigenvalue weighted by Gasteiger charge is -2.19. The third-order valence-corrected chi connectivity index (χ3v) is 7.54. The first kappa shape index (κ1) is 21.2. The maximum absolute atomic E-state index is 5.99. The highest BCUT2D eigenvalue weighted by Crippen LogP contribution is 2.35. The van der Waals surface area contributed by atoms with Gasteiger partial charge in [0.25, 0.3) is 0 Å². The Morgan fingerprint density at radius 1 is 0.912 bits per heavy atom. The lowest BCUT2D eigenvalue weighted by Crippen LogP contribution is -2.06. The number of nitrogens with zero attached hydrogens (tertiary/aromatic N) is 2. The van der Waals surface area contributed by atoms with Crippen molar-refractivity contribution in [2.45, 2.75) is 38.0 Å². The molecule has 1 saturated carbocycles. The molecule has 0 spiro atoms. The van der Waals surface area contributed by atoms with Crippen LogP contribution in [0.2, 0.25) is 4.34 Å². The van der Waals surface area contributed by atoms with Crippen molar-refractivity contribution in [1.29, 1.82) is 0 Å². The van der Waals surface area contributed by atoms with E-state index >= 15 is 0 Å². The molecule has 3 aromatic heterocycles. The summed E-state index contributed by atoms with van der Waals surface area (Å²) in [4.78, 5) is 14.6. The van der Waals surface area contributed by atoms with Gasteiger partial charge in [0.2, 0.25) is 0 Å². The van der Waals surface area contributed by atoms with Gasteiger partial charge in [-0.05, 0) is 55.3 Å². The van der Waals surface area contributed by atoms with Crippen LogP contribution in [0.15, 0.2) is 60.7 Å². The molecular formula is C28H23ClN4S. The summed E-state index contributed by atoms with van der Waals surface area (Å²) >= 11 is 7.48. The lowest BCUT2D eigenvalue weighted by molar-refractivity contribution is 0.431. The van der Waals surface area contributed by atoms with E-state index in [-0.39, 0.29) is 0 Å². The Balaban J connectivity index is 1.33. The van der Waals surface area contributed by atoms with E-state index in [1.165, 1.54) is 43.4 Å². The third-order valence-electron chi connectivity index (χ3n) is 6.39. The summed E-state index contributed by atoms with van der Waals surface area (Å²) in [5.74, 6) is 8.77. The predicted molar refractivity (Wildman–Crippen MR) is 142 cm³/mol. The molecule has 3 heterocycles. The average molecular weight is 483 g/mol. The van der Waals surface area contributed by atoms with Gasteiger partial charge in [-0.15, -0.1) is 11.3 Å². The van der Waals surface area contributed by atoms with E-state index in [4.69, 9.17) is 21.6 Å². The van der Waals surface area contributed by atoms with Crippen molar-refractivity contribution >= 4 is 56.4 Å². The molecule has 0 atom stereocenters. The molecule has 1 aliphatic carbocycles. The van der Waals surface area contributed by atoms with Crippen molar-refractivity contribution in [3.63, 3.8) is 0 Å². The van der Waals surface area contributed by atoms with Gasteiger partial charge in [-0.25, -0.2) is 9.97 Å². The zero-order valence-corrected chi connectivity index (χ0v) is 20.1. The number of hydrogen-bond acceptors (Lipinski definition) is 4. The topological polar surface area (TPSA) is 53.6 Å². The first-order chi connectivity index (χ1) is 16.7. The van der Waals surface area contributed by atoms with Gasteiger partial charge in [0.05, 0.1) is 14.7 Å². The quantitative estimate of drug-likeness (QED) is 0.256. The molecule has 1 fully saturated rings. The van der Waals surface area contributed by atoms with Gasteiger partial charge in [-0.2, -0.15) is 0 Å². The summed E-state index contributed by atoms with van der Waals surface area (Å²) in [6.45, 7) is 0. The van der Waals surface area contributed by atoms with Crippen molar-refractivity contribution in [1.82, 2.24) is 15.0 Å². The minimum absolute atomic E-state index is 0.504. The number of pyridine rings is 1. The van der Waals surface area contributed by atoms with Gasteiger partial charge in [0.1, 0.15) is 16.9 Å². The maximum Gasteiger partial charge on any atom is 0.157 e. The molecule has 0 aliphatic heterocycles. The number of rotatable bonds is 3. The number of aromatic amines is 1. The number of benzene rings is 2. The van der Waals surface area contributed by atoms with Crippen LogP contribution in [0.25, 0.3) is 21.9 Å². The van der Waals surface area contributed by atoms with Gasteiger partial charge < -0.3 is 10.3 Å². The van der Waals surface area contributed by atoms with Crippen LogP contribution in [-0.4, -0.2) is 15.0 Å². The maximum atomic E-state index is 5.99. The molecule has 4 nitrogen and oxygen atoms in total. The van der Waals surface area contributed by atoms with Crippen LogP contribution in [0.1, 0.15) is 54.3 Å². The molecule has 0 unspecified atom stereocenters. The van der Waals surface area contributed by atoms with Gasteiger partial charge in [0, 0.05) is 22.6 Å². The Bertz CT molecular complexity index is 1530. The first-order valence-corrected chi connectivity index (χ1v) is 12.9. The fourth-order valence-electron chi connectivity index (χ4n) is 4.65. The second-order valence-corrected chi connectivity index (χ2v) is 10.4. The van der Waals surface area contributed by atoms with Gasteiger partial charge in [0.15, 0.2) is 5.82 Å². The van der Waals surface area contributed by atoms with Crippen molar-refractivity contribution < 1.29 is 0 Å². The van der Waals surface area contributed by atoms with E-state index in [0.717, 1.165) is 54.0 Å². The summed E-state index contributed by atoms with van der Waals surface area (Å²) in [5.41, 5.74) is 4.82. The predicted octanol–water partition coefficient (Wildman–Crippen LogP) is 8.02. The van der Waals surface area contributed by atoms with Crippen LogP contribution in [0.3, 0.4) is 0 Å². The highest BCUT2D eigenvalue weighted by Gasteiger charge is 2.21. The molecule has 0 bridgehead atoms.